The maximum Gasteiger partial charge on any atom is 0.128 e. The molecule has 1 aromatic carbocycles. The van der Waals surface area contributed by atoms with Crippen molar-refractivity contribution in [1.29, 1.82) is 0 Å². The van der Waals surface area contributed by atoms with Gasteiger partial charge in [-0.25, -0.2) is 9.37 Å². The highest BCUT2D eigenvalue weighted by atomic mass is 19.1. The molecule has 0 unspecified atom stereocenters. The van der Waals surface area contributed by atoms with Crippen LogP contribution in [0.4, 0.5) is 10.2 Å². The van der Waals surface area contributed by atoms with Gasteiger partial charge >= 0.3 is 0 Å². The lowest BCUT2D eigenvalue weighted by molar-refractivity contribution is 0.195. The first-order valence-electron chi connectivity index (χ1n) is 7.40. The summed E-state index contributed by atoms with van der Waals surface area (Å²) in [4.78, 5) is 9.01. The summed E-state index contributed by atoms with van der Waals surface area (Å²) in [5.41, 5.74) is 0.781. The van der Waals surface area contributed by atoms with E-state index in [1.807, 2.05) is 36.5 Å². The minimum Gasteiger partial charge on any atom is -0.354 e. The Morgan fingerprint density at radius 1 is 1.00 bits per heavy atom. The quantitative estimate of drug-likeness (QED) is 0.864. The van der Waals surface area contributed by atoms with Gasteiger partial charge in [-0.2, -0.15) is 0 Å². The lowest BCUT2D eigenvalue weighted by Gasteiger charge is -2.38. The molecule has 1 saturated heterocycles. The van der Waals surface area contributed by atoms with Crippen LogP contribution in [0, 0.1) is 5.82 Å². The molecule has 0 saturated carbocycles. The second-order valence-corrected chi connectivity index (χ2v) is 5.41. The lowest BCUT2D eigenvalue weighted by atomic mass is 10.1. The topological polar surface area (TPSA) is 19.4 Å². The highest BCUT2D eigenvalue weighted by Gasteiger charge is 2.23. The molecule has 0 aliphatic carbocycles. The molecule has 3 nitrogen and oxygen atoms in total. The van der Waals surface area contributed by atoms with Gasteiger partial charge in [-0.1, -0.05) is 24.3 Å². The fraction of sp³-hybridized carbons (Fsp3) is 0.353. The Balaban J connectivity index is 1.65. The van der Waals surface area contributed by atoms with Crippen LogP contribution in [0.5, 0.6) is 0 Å². The number of rotatable bonds is 3. The van der Waals surface area contributed by atoms with Gasteiger partial charge in [0.05, 0.1) is 0 Å². The summed E-state index contributed by atoms with van der Waals surface area (Å²) in [5.74, 6) is 0.910. The van der Waals surface area contributed by atoms with Crippen molar-refractivity contribution >= 4 is 5.82 Å². The fourth-order valence-electron chi connectivity index (χ4n) is 2.89. The molecule has 4 heteroatoms. The van der Waals surface area contributed by atoms with Crippen LogP contribution in [-0.2, 0) is 0 Å². The zero-order valence-corrected chi connectivity index (χ0v) is 12.2. The predicted molar refractivity (Wildman–Crippen MR) is 82.8 cm³/mol. The van der Waals surface area contributed by atoms with Gasteiger partial charge in [0.2, 0.25) is 0 Å². The molecule has 0 N–H and O–H groups in total. The van der Waals surface area contributed by atoms with Crippen LogP contribution in [0.25, 0.3) is 0 Å². The second-order valence-electron chi connectivity index (χ2n) is 5.41. The third kappa shape index (κ3) is 3.05. The van der Waals surface area contributed by atoms with E-state index in [4.69, 9.17) is 0 Å². The van der Waals surface area contributed by atoms with Crippen LogP contribution in [0.15, 0.2) is 48.7 Å². The van der Waals surface area contributed by atoms with Crippen molar-refractivity contribution < 1.29 is 4.39 Å². The van der Waals surface area contributed by atoms with Crippen LogP contribution >= 0.6 is 0 Å². The Morgan fingerprint density at radius 3 is 2.38 bits per heavy atom. The molecular weight excluding hydrogens is 265 g/mol. The molecule has 0 bridgehead atoms. The van der Waals surface area contributed by atoms with Crippen molar-refractivity contribution in [3.05, 3.63) is 60.0 Å². The molecule has 1 aliphatic heterocycles. The van der Waals surface area contributed by atoms with E-state index in [2.05, 4.69) is 21.7 Å². The number of aromatic nitrogens is 1. The lowest BCUT2D eigenvalue weighted by Crippen LogP contribution is -2.47. The van der Waals surface area contributed by atoms with Crippen molar-refractivity contribution in [2.24, 2.45) is 0 Å². The number of halogens is 1. The summed E-state index contributed by atoms with van der Waals surface area (Å²) < 4.78 is 13.9. The molecule has 110 valence electrons. The van der Waals surface area contributed by atoms with Crippen molar-refractivity contribution in [3.63, 3.8) is 0 Å². The summed E-state index contributed by atoms with van der Waals surface area (Å²) in [6.07, 6.45) is 1.82. The van der Waals surface area contributed by atoms with E-state index in [1.54, 1.807) is 6.07 Å². The predicted octanol–water partition coefficient (Wildman–Crippen LogP) is 3.10. The summed E-state index contributed by atoms with van der Waals surface area (Å²) in [7, 11) is 0. The molecule has 1 aliphatic rings. The zero-order valence-electron chi connectivity index (χ0n) is 12.2. The summed E-state index contributed by atoms with van der Waals surface area (Å²) >= 11 is 0. The molecule has 2 aromatic rings. The van der Waals surface area contributed by atoms with Gasteiger partial charge in [0.25, 0.3) is 0 Å². The van der Waals surface area contributed by atoms with E-state index in [9.17, 15) is 4.39 Å². The van der Waals surface area contributed by atoms with Gasteiger partial charge in [-0.15, -0.1) is 0 Å². The first-order valence-corrected chi connectivity index (χ1v) is 7.40. The van der Waals surface area contributed by atoms with Crippen LogP contribution < -0.4 is 4.90 Å². The van der Waals surface area contributed by atoms with E-state index in [0.717, 1.165) is 37.6 Å². The minimum atomic E-state index is -0.114. The molecule has 3 rings (SSSR count). The third-order valence-corrected chi connectivity index (χ3v) is 4.19. The van der Waals surface area contributed by atoms with Crippen LogP contribution in [0.1, 0.15) is 18.5 Å². The van der Waals surface area contributed by atoms with Gasteiger partial charge in [0.15, 0.2) is 0 Å². The molecule has 1 atom stereocenters. The van der Waals surface area contributed by atoms with Crippen LogP contribution in [0.3, 0.4) is 0 Å². The molecule has 21 heavy (non-hydrogen) atoms. The molecule has 0 amide bonds. The van der Waals surface area contributed by atoms with Gasteiger partial charge in [-0.3, -0.25) is 4.90 Å². The standard InChI is InChI=1S/C17H20FN3/c1-14(15-6-2-3-7-16(15)18)20-10-12-21(13-11-20)17-8-4-5-9-19-17/h2-9,14H,10-13H2,1H3/t14-/m1/s1. The van der Waals surface area contributed by atoms with Gasteiger partial charge in [0, 0.05) is 44.0 Å². The Bertz CT molecular complexity index is 580. The van der Waals surface area contributed by atoms with Crippen molar-refractivity contribution in [2.75, 3.05) is 31.1 Å². The van der Waals surface area contributed by atoms with Gasteiger partial charge in [-0.05, 0) is 25.1 Å². The van der Waals surface area contributed by atoms with E-state index in [1.165, 1.54) is 6.07 Å². The average Bonchev–Trinajstić information content (AvgIpc) is 2.56. The summed E-state index contributed by atoms with van der Waals surface area (Å²) in [5, 5.41) is 0. The number of hydrogen-bond acceptors (Lipinski definition) is 3. The molecule has 1 aromatic heterocycles. The number of nitrogens with zero attached hydrogens (tertiary/aromatic N) is 3. The van der Waals surface area contributed by atoms with Crippen LogP contribution in [0.2, 0.25) is 0 Å². The van der Waals surface area contributed by atoms with Crippen molar-refractivity contribution in [3.8, 4) is 0 Å². The smallest absolute Gasteiger partial charge is 0.128 e. The molecular formula is C17H20FN3. The first-order chi connectivity index (χ1) is 10.3. The Hall–Kier alpha value is -1.94. The summed E-state index contributed by atoms with van der Waals surface area (Å²) in [6, 6.07) is 13.1. The summed E-state index contributed by atoms with van der Waals surface area (Å²) in [6.45, 7) is 5.78. The largest absolute Gasteiger partial charge is 0.354 e. The van der Waals surface area contributed by atoms with Crippen molar-refractivity contribution in [2.45, 2.75) is 13.0 Å². The number of anilines is 1. The maximum atomic E-state index is 13.9. The number of benzene rings is 1. The van der Waals surface area contributed by atoms with E-state index < -0.39 is 0 Å². The fourth-order valence-corrected chi connectivity index (χ4v) is 2.89. The Morgan fingerprint density at radius 2 is 1.71 bits per heavy atom. The zero-order chi connectivity index (χ0) is 14.7. The first kappa shape index (κ1) is 14.0. The second kappa shape index (κ2) is 6.22. The molecule has 2 heterocycles. The number of pyridine rings is 1. The van der Waals surface area contributed by atoms with Crippen LogP contribution in [-0.4, -0.2) is 36.1 Å². The van der Waals surface area contributed by atoms with E-state index in [0.29, 0.717) is 0 Å². The highest BCUT2D eigenvalue weighted by Crippen LogP contribution is 2.24. The Kier molecular flexibility index (Phi) is 4.15. The highest BCUT2D eigenvalue weighted by molar-refractivity contribution is 5.38. The monoisotopic (exact) mass is 285 g/mol. The SMILES string of the molecule is C[C@H](c1ccccc1F)N1CCN(c2ccccn2)CC1. The molecule has 0 spiro atoms. The number of hydrogen-bond donors (Lipinski definition) is 0. The molecule has 1 fully saturated rings. The normalized spacial score (nSPS) is 17.7. The molecule has 0 radical (unpaired) electrons. The maximum absolute atomic E-state index is 13.9. The van der Waals surface area contributed by atoms with E-state index >= 15 is 0 Å². The Labute approximate surface area is 125 Å². The minimum absolute atomic E-state index is 0.108. The van der Waals surface area contributed by atoms with E-state index in [-0.39, 0.29) is 11.9 Å². The third-order valence-electron chi connectivity index (χ3n) is 4.19. The average molecular weight is 285 g/mol. The van der Waals surface area contributed by atoms with Crippen molar-refractivity contribution in [1.82, 2.24) is 9.88 Å². The van der Waals surface area contributed by atoms with Gasteiger partial charge in [0.1, 0.15) is 11.6 Å². The number of piperazine rings is 1. The van der Waals surface area contributed by atoms with Gasteiger partial charge < -0.3 is 4.90 Å².